The van der Waals surface area contributed by atoms with E-state index < -0.39 is 0 Å². The first kappa shape index (κ1) is 15.2. The summed E-state index contributed by atoms with van der Waals surface area (Å²) in [5.41, 5.74) is 0. The summed E-state index contributed by atoms with van der Waals surface area (Å²) in [4.78, 5) is 2.58. The maximum atomic E-state index is 5.49. The van der Waals surface area contributed by atoms with E-state index in [2.05, 4.69) is 10.2 Å². The number of rotatable bonds is 10. The molecule has 1 heterocycles. The molecule has 0 aromatic heterocycles. The van der Waals surface area contributed by atoms with Crippen LogP contribution in [0.15, 0.2) is 0 Å². The zero-order valence-electron chi connectivity index (χ0n) is 12.4. The van der Waals surface area contributed by atoms with Crippen LogP contribution in [0.3, 0.4) is 0 Å². The van der Waals surface area contributed by atoms with Gasteiger partial charge in [-0.25, -0.2) is 0 Å². The van der Waals surface area contributed by atoms with Gasteiger partial charge in [-0.05, 0) is 57.7 Å². The number of hydrogen-bond acceptors (Lipinski definition) is 4. The third kappa shape index (κ3) is 6.70. The highest BCUT2D eigenvalue weighted by atomic mass is 16.5. The minimum absolute atomic E-state index is 0.706. The maximum absolute atomic E-state index is 5.49. The summed E-state index contributed by atoms with van der Waals surface area (Å²) in [5.74, 6) is 1.00. The first-order chi connectivity index (χ1) is 9.38. The van der Waals surface area contributed by atoms with Crippen molar-refractivity contribution in [3.63, 3.8) is 0 Å². The Kier molecular flexibility index (Phi) is 7.14. The molecule has 4 heteroatoms. The van der Waals surface area contributed by atoms with Gasteiger partial charge in [0, 0.05) is 26.3 Å². The van der Waals surface area contributed by atoms with Crippen molar-refractivity contribution in [2.75, 3.05) is 53.1 Å². The zero-order valence-corrected chi connectivity index (χ0v) is 12.4. The lowest BCUT2D eigenvalue weighted by Crippen LogP contribution is -2.43. The molecule has 112 valence electrons. The van der Waals surface area contributed by atoms with Crippen molar-refractivity contribution in [1.82, 2.24) is 10.2 Å². The lowest BCUT2D eigenvalue weighted by atomic mass is 10.0. The number of nitrogens with zero attached hydrogens (tertiary/aromatic N) is 1. The Balaban J connectivity index is 1.42. The highest BCUT2D eigenvalue weighted by Crippen LogP contribution is 2.28. The average molecular weight is 270 g/mol. The minimum Gasteiger partial charge on any atom is -0.382 e. The van der Waals surface area contributed by atoms with E-state index in [1.807, 2.05) is 0 Å². The van der Waals surface area contributed by atoms with E-state index >= 15 is 0 Å². The number of likely N-dealkylation sites (tertiary alicyclic amines) is 1. The summed E-state index contributed by atoms with van der Waals surface area (Å²) < 4.78 is 10.4. The second kappa shape index (κ2) is 8.90. The Bertz CT molecular complexity index is 226. The van der Waals surface area contributed by atoms with Crippen LogP contribution in [0.5, 0.6) is 0 Å². The van der Waals surface area contributed by atoms with E-state index in [4.69, 9.17) is 9.47 Å². The second-order valence-electron chi connectivity index (χ2n) is 5.93. The van der Waals surface area contributed by atoms with Gasteiger partial charge in [0.25, 0.3) is 0 Å². The quantitative estimate of drug-likeness (QED) is 0.610. The van der Waals surface area contributed by atoms with Crippen LogP contribution in [0, 0.1) is 5.92 Å². The SMILES string of the molecule is COCCOCCCN1CCC(NCC2CC2)CC1. The Labute approximate surface area is 117 Å². The van der Waals surface area contributed by atoms with Crippen LogP contribution in [-0.2, 0) is 9.47 Å². The summed E-state index contributed by atoms with van der Waals surface area (Å²) in [5, 5.41) is 3.73. The predicted molar refractivity (Wildman–Crippen MR) is 77.5 cm³/mol. The monoisotopic (exact) mass is 270 g/mol. The van der Waals surface area contributed by atoms with Gasteiger partial charge in [0.15, 0.2) is 0 Å². The van der Waals surface area contributed by atoms with Gasteiger partial charge in [-0.1, -0.05) is 0 Å². The number of ether oxygens (including phenoxy) is 2. The molecule has 1 saturated carbocycles. The van der Waals surface area contributed by atoms with Crippen molar-refractivity contribution in [2.45, 2.75) is 38.1 Å². The van der Waals surface area contributed by atoms with E-state index in [9.17, 15) is 0 Å². The Morgan fingerprint density at radius 2 is 1.84 bits per heavy atom. The highest BCUT2D eigenvalue weighted by Gasteiger charge is 2.24. The molecule has 4 nitrogen and oxygen atoms in total. The summed E-state index contributed by atoms with van der Waals surface area (Å²) in [7, 11) is 1.71. The predicted octanol–water partition coefficient (Wildman–Crippen LogP) is 1.50. The van der Waals surface area contributed by atoms with Gasteiger partial charge >= 0.3 is 0 Å². The molecule has 2 rings (SSSR count). The lowest BCUT2D eigenvalue weighted by Gasteiger charge is -2.32. The number of hydrogen-bond donors (Lipinski definition) is 1. The Morgan fingerprint density at radius 1 is 1.05 bits per heavy atom. The van der Waals surface area contributed by atoms with Crippen molar-refractivity contribution >= 4 is 0 Å². The van der Waals surface area contributed by atoms with Crippen LogP contribution < -0.4 is 5.32 Å². The molecule has 0 spiro atoms. The smallest absolute Gasteiger partial charge is 0.0700 e. The van der Waals surface area contributed by atoms with E-state index in [1.54, 1.807) is 7.11 Å². The molecule has 1 saturated heterocycles. The number of piperidine rings is 1. The molecule has 0 atom stereocenters. The van der Waals surface area contributed by atoms with Gasteiger partial charge in [0.2, 0.25) is 0 Å². The van der Waals surface area contributed by atoms with E-state index in [0.717, 1.165) is 31.6 Å². The van der Waals surface area contributed by atoms with Crippen molar-refractivity contribution in [3.05, 3.63) is 0 Å². The first-order valence-electron chi connectivity index (χ1n) is 7.91. The summed E-state index contributed by atoms with van der Waals surface area (Å²) in [6.45, 7) is 7.24. The normalized spacial score (nSPS) is 21.9. The molecule has 0 unspecified atom stereocenters. The van der Waals surface area contributed by atoms with Crippen molar-refractivity contribution in [2.24, 2.45) is 5.92 Å². The molecule has 0 radical (unpaired) electrons. The van der Waals surface area contributed by atoms with E-state index in [-0.39, 0.29) is 0 Å². The number of nitrogens with one attached hydrogen (secondary N) is 1. The fraction of sp³-hybridized carbons (Fsp3) is 1.00. The van der Waals surface area contributed by atoms with Crippen molar-refractivity contribution in [3.8, 4) is 0 Å². The standard InChI is InChI=1S/C15H30N2O2/c1-18-11-12-19-10-2-7-17-8-5-15(6-9-17)16-13-14-3-4-14/h14-16H,2-13H2,1H3. The third-order valence-electron chi connectivity index (χ3n) is 4.17. The molecular formula is C15H30N2O2. The summed E-state index contributed by atoms with van der Waals surface area (Å²) in [6, 6.07) is 0.773. The maximum Gasteiger partial charge on any atom is 0.0700 e. The fourth-order valence-electron chi connectivity index (χ4n) is 2.65. The van der Waals surface area contributed by atoms with Crippen molar-refractivity contribution < 1.29 is 9.47 Å². The van der Waals surface area contributed by atoms with Crippen LogP contribution in [0.1, 0.15) is 32.1 Å². The van der Waals surface area contributed by atoms with Crippen molar-refractivity contribution in [1.29, 1.82) is 0 Å². The summed E-state index contributed by atoms with van der Waals surface area (Å²) >= 11 is 0. The van der Waals surface area contributed by atoms with Crippen LogP contribution in [0.2, 0.25) is 0 Å². The topological polar surface area (TPSA) is 33.7 Å². The highest BCUT2D eigenvalue weighted by molar-refractivity contribution is 4.81. The average Bonchev–Trinajstić information content (AvgIpc) is 3.26. The zero-order chi connectivity index (χ0) is 13.3. The fourth-order valence-corrected chi connectivity index (χ4v) is 2.65. The molecule has 1 aliphatic carbocycles. The molecule has 2 fully saturated rings. The van der Waals surface area contributed by atoms with Crippen LogP contribution in [0.25, 0.3) is 0 Å². The minimum atomic E-state index is 0.706. The molecular weight excluding hydrogens is 240 g/mol. The van der Waals surface area contributed by atoms with Crippen LogP contribution in [0.4, 0.5) is 0 Å². The van der Waals surface area contributed by atoms with Gasteiger partial charge < -0.3 is 19.7 Å². The molecule has 0 bridgehead atoms. The second-order valence-corrected chi connectivity index (χ2v) is 5.93. The van der Waals surface area contributed by atoms with E-state index in [1.165, 1.54) is 51.9 Å². The molecule has 0 amide bonds. The molecule has 2 aliphatic rings. The lowest BCUT2D eigenvalue weighted by molar-refractivity contribution is 0.0636. The molecule has 0 aromatic rings. The Morgan fingerprint density at radius 3 is 2.53 bits per heavy atom. The molecule has 1 N–H and O–H groups in total. The Hall–Kier alpha value is -0.160. The van der Waals surface area contributed by atoms with Gasteiger partial charge in [-0.2, -0.15) is 0 Å². The first-order valence-corrected chi connectivity index (χ1v) is 7.91. The van der Waals surface area contributed by atoms with Crippen LogP contribution >= 0.6 is 0 Å². The molecule has 1 aliphatic heterocycles. The third-order valence-corrected chi connectivity index (χ3v) is 4.17. The van der Waals surface area contributed by atoms with Gasteiger partial charge in [0.05, 0.1) is 13.2 Å². The molecule has 19 heavy (non-hydrogen) atoms. The van der Waals surface area contributed by atoms with Gasteiger partial charge in [-0.15, -0.1) is 0 Å². The van der Waals surface area contributed by atoms with E-state index in [0.29, 0.717) is 6.61 Å². The molecule has 0 aromatic carbocycles. The van der Waals surface area contributed by atoms with Gasteiger partial charge in [-0.3, -0.25) is 0 Å². The number of methoxy groups -OCH3 is 1. The van der Waals surface area contributed by atoms with Crippen LogP contribution in [-0.4, -0.2) is 64.1 Å². The van der Waals surface area contributed by atoms with Gasteiger partial charge in [0.1, 0.15) is 0 Å². The largest absolute Gasteiger partial charge is 0.382 e. The summed E-state index contributed by atoms with van der Waals surface area (Å²) in [6.07, 6.45) is 6.68.